The molecule has 1 N–H and O–H groups in total. The van der Waals surface area contributed by atoms with Gasteiger partial charge in [0.2, 0.25) is 5.16 Å². The third-order valence-corrected chi connectivity index (χ3v) is 3.81. The van der Waals surface area contributed by atoms with E-state index in [9.17, 15) is 0 Å². The van der Waals surface area contributed by atoms with Crippen LogP contribution in [0.5, 0.6) is 0 Å². The lowest BCUT2D eigenvalue weighted by atomic mass is 10.3. The van der Waals surface area contributed by atoms with Crippen LogP contribution in [0.2, 0.25) is 0 Å². The van der Waals surface area contributed by atoms with E-state index in [2.05, 4.69) is 29.5 Å². The number of hydrogen-bond donors (Lipinski definition) is 1. The Morgan fingerprint density at radius 2 is 2.27 bits per heavy atom. The smallest absolute Gasteiger partial charge is 0.210 e. The van der Waals surface area contributed by atoms with E-state index < -0.39 is 0 Å². The Balaban J connectivity index is 2.16. The predicted octanol–water partition coefficient (Wildman–Crippen LogP) is 0.893. The zero-order chi connectivity index (χ0) is 10.8. The molecular formula is C9H16N4OS. The molecule has 2 rings (SSSR count). The summed E-state index contributed by atoms with van der Waals surface area (Å²) in [5.74, 6) is 0.943. The van der Waals surface area contributed by atoms with Gasteiger partial charge in [-0.05, 0) is 6.92 Å². The second-order valence-corrected chi connectivity index (χ2v) is 5.06. The fraction of sp³-hybridized carbons (Fsp3) is 0.778. The minimum absolute atomic E-state index is 0.430. The number of hydrogen-bond acceptors (Lipinski definition) is 5. The van der Waals surface area contributed by atoms with E-state index in [0.717, 1.165) is 17.4 Å². The summed E-state index contributed by atoms with van der Waals surface area (Å²) in [7, 11) is 1.69. The molecule has 6 heteroatoms. The van der Waals surface area contributed by atoms with E-state index in [0.29, 0.717) is 17.9 Å². The molecule has 0 fully saturated rings. The van der Waals surface area contributed by atoms with Gasteiger partial charge in [0, 0.05) is 18.8 Å². The number of rotatable bonds is 3. The second-order valence-electron chi connectivity index (χ2n) is 3.72. The van der Waals surface area contributed by atoms with Gasteiger partial charge in [-0.3, -0.25) is 0 Å². The zero-order valence-corrected chi connectivity index (χ0v) is 10.0. The lowest BCUT2D eigenvalue weighted by molar-refractivity contribution is 0.199. The molecule has 2 unspecified atom stereocenters. The van der Waals surface area contributed by atoms with Gasteiger partial charge in [-0.15, -0.1) is 10.2 Å². The van der Waals surface area contributed by atoms with Crippen molar-refractivity contribution in [1.29, 1.82) is 0 Å². The maximum Gasteiger partial charge on any atom is 0.210 e. The fourth-order valence-electron chi connectivity index (χ4n) is 1.44. The summed E-state index contributed by atoms with van der Waals surface area (Å²) < 4.78 is 7.02. The van der Waals surface area contributed by atoms with Gasteiger partial charge in [0.25, 0.3) is 0 Å². The number of nitrogens with one attached hydrogen (secondary N) is 1. The summed E-state index contributed by atoms with van der Waals surface area (Å²) in [6, 6.07) is 0.430. The number of nitrogens with zero attached hydrogens (tertiary/aromatic N) is 3. The van der Waals surface area contributed by atoms with Gasteiger partial charge < -0.3 is 10.2 Å². The summed E-state index contributed by atoms with van der Waals surface area (Å²) >= 11 is 1.76. The quantitative estimate of drug-likeness (QED) is 0.833. The highest BCUT2D eigenvalue weighted by atomic mass is 32.2. The Hall–Kier alpha value is -0.750. The van der Waals surface area contributed by atoms with Gasteiger partial charge in [0.15, 0.2) is 5.82 Å². The van der Waals surface area contributed by atoms with E-state index in [1.807, 2.05) is 4.68 Å². The molecule has 0 radical (unpaired) electrons. The maximum absolute atomic E-state index is 5.04. The van der Waals surface area contributed by atoms with E-state index in [1.165, 1.54) is 0 Å². The molecule has 15 heavy (non-hydrogen) atoms. The largest absolute Gasteiger partial charge is 0.384 e. The van der Waals surface area contributed by atoms with Crippen LogP contribution in [0.4, 0.5) is 0 Å². The van der Waals surface area contributed by atoms with Gasteiger partial charge in [0.1, 0.15) is 0 Å². The molecular weight excluding hydrogens is 212 g/mol. The second kappa shape index (κ2) is 4.40. The zero-order valence-electron chi connectivity index (χ0n) is 9.23. The molecule has 0 saturated heterocycles. The Labute approximate surface area is 93.6 Å². The molecule has 84 valence electrons. The van der Waals surface area contributed by atoms with Gasteiger partial charge in [-0.2, -0.15) is 0 Å². The minimum Gasteiger partial charge on any atom is -0.384 e. The number of thioether (sulfide) groups is 1. The molecule has 1 aliphatic heterocycles. The van der Waals surface area contributed by atoms with Gasteiger partial charge in [-0.25, -0.2) is 4.68 Å². The molecule has 1 aromatic rings. The van der Waals surface area contributed by atoms with Crippen LogP contribution >= 0.6 is 11.8 Å². The lowest BCUT2D eigenvalue weighted by Crippen LogP contribution is -2.38. The van der Waals surface area contributed by atoms with Crippen LogP contribution < -0.4 is 5.43 Å². The summed E-state index contributed by atoms with van der Waals surface area (Å²) in [5.41, 5.74) is 3.38. The van der Waals surface area contributed by atoms with Crippen LogP contribution in [0.1, 0.15) is 19.7 Å². The van der Waals surface area contributed by atoms with E-state index >= 15 is 0 Å². The molecule has 0 amide bonds. The monoisotopic (exact) mass is 228 g/mol. The number of ether oxygens (including phenoxy) is 1. The van der Waals surface area contributed by atoms with Crippen molar-refractivity contribution >= 4 is 11.8 Å². The first kappa shape index (κ1) is 10.8. The van der Waals surface area contributed by atoms with Crippen molar-refractivity contribution in [2.75, 3.05) is 19.1 Å². The fourth-order valence-corrected chi connectivity index (χ4v) is 2.39. The van der Waals surface area contributed by atoms with Gasteiger partial charge in [0.05, 0.1) is 12.6 Å². The van der Waals surface area contributed by atoms with Crippen LogP contribution in [0.15, 0.2) is 5.16 Å². The van der Waals surface area contributed by atoms with Crippen molar-refractivity contribution in [1.82, 2.24) is 14.9 Å². The molecule has 0 saturated carbocycles. The van der Waals surface area contributed by atoms with Crippen molar-refractivity contribution < 1.29 is 4.74 Å². The molecule has 1 aromatic heterocycles. The summed E-state index contributed by atoms with van der Waals surface area (Å²) in [5, 5.41) is 9.78. The Morgan fingerprint density at radius 1 is 1.47 bits per heavy atom. The summed E-state index contributed by atoms with van der Waals surface area (Å²) in [6.45, 7) is 5.03. The topological polar surface area (TPSA) is 52.0 Å². The molecule has 0 aliphatic carbocycles. The van der Waals surface area contributed by atoms with E-state index in [1.54, 1.807) is 18.9 Å². The number of aromatic nitrogens is 3. The number of fused-ring (bicyclic) bond motifs is 1. The summed E-state index contributed by atoms with van der Waals surface area (Å²) in [4.78, 5) is 0. The number of methoxy groups -OCH3 is 1. The SMILES string of the molecule is COCCc1nnc2n1NC(C)C(C)S2. The van der Waals surface area contributed by atoms with Crippen LogP contribution in [0.3, 0.4) is 0 Å². The van der Waals surface area contributed by atoms with Crippen molar-refractivity contribution in [2.45, 2.75) is 36.7 Å². The third kappa shape index (κ3) is 2.10. The van der Waals surface area contributed by atoms with Crippen molar-refractivity contribution in [2.24, 2.45) is 0 Å². The van der Waals surface area contributed by atoms with Crippen LogP contribution in [0, 0.1) is 0 Å². The van der Waals surface area contributed by atoms with Gasteiger partial charge in [-0.1, -0.05) is 18.7 Å². The molecule has 5 nitrogen and oxygen atoms in total. The lowest BCUT2D eigenvalue weighted by Gasteiger charge is -2.28. The molecule has 2 atom stereocenters. The minimum atomic E-state index is 0.430. The molecule has 0 spiro atoms. The van der Waals surface area contributed by atoms with Crippen LogP contribution in [-0.4, -0.2) is 39.9 Å². The Morgan fingerprint density at radius 3 is 3.00 bits per heavy atom. The molecule has 1 aliphatic rings. The Kier molecular flexibility index (Phi) is 3.16. The average molecular weight is 228 g/mol. The predicted molar refractivity (Wildman–Crippen MR) is 59.7 cm³/mol. The van der Waals surface area contributed by atoms with Crippen molar-refractivity contribution in [3.8, 4) is 0 Å². The highest BCUT2D eigenvalue weighted by Crippen LogP contribution is 2.28. The van der Waals surface area contributed by atoms with Crippen molar-refractivity contribution in [3.63, 3.8) is 0 Å². The molecule has 0 aromatic carbocycles. The standard InChI is InChI=1S/C9H16N4OS/c1-6-7(2)15-9-11-10-8(4-5-14-3)13(9)12-6/h6-7,12H,4-5H2,1-3H3. The van der Waals surface area contributed by atoms with Crippen LogP contribution in [0.25, 0.3) is 0 Å². The van der Waals surface area contributed by atoms with Gasteiger partial charge >= 0.3 is 0 Å². The van der Waals surface area contributed by atoms with E-state index in [4.69, 9.17) is 4.74 Å². The summed E-state index contributed by atoms with van der Waals surface area (Å²) in [6.07, 6.45) is 0.790. The first-order valence-corrected chi connectivity index (χ1v) is 5.96. The highest BCUT2D eigenvalue weighted by molar-refractivity contribution is 7.99. The van der Waals surface area contributed by atoms with E-state index in [-0.39, 0.29) is 0 Å². The third-order valence-electron chi connectivity index (χ3n) is 2.56. The molecule has 2 heterocycles. The maximum atomic E-state index is 5.04. The first-order valence-electron chi connectivity index (χ1n) is 5.09. The Bertz CT molecular complexity index is 341. The van der Waals surface area contributed by atoms with Crippen molar-refractivity contribution in [3.05, 3.63) is 5.82 Å². The first-order chi connectivity index (χ1) is 7.22. The van der Waals surface area contributed by atoms with Crippen LogP contribution in [-0.2, 0) is 11.2 Å². The highest BCUT2D eigenvalue weighted by Gasteiger charge is 2.25. The normalized spacial score (nSPS) is 24.7. The molecule has 0 bridgehead atoms. The average Bonchev–Trinajstić information content (AvgIpc) is 2.59.